The highest BCUT2D eigenvalue weighted by molar-refractivity contribution is 6.36. The highest BCUT2D eigenvalue weighted by Crippen LogP contribution is 2.34. The number of hydrogen-bond donors (Lipinski definition) is 1. The van der Waals surface area contributed by atoms with Crippen molar-refractivity contribution < 1.29 is 4.79 Å². The van der Waals surface area contributed by atoms with Crippen molar-refractivity contribution in [1.29, 1.82) is 0 Å². The number of anilines is 1. The van der Waals surface area contributed by atoms with Crippen LogP contribution in [-0.4, -0.2) is 51.3 Å². The number of nitrogens with one attached hydrogen (secondary N) is 1. The number of hydrogen-bond acceptors (Lipinski definition) is 5. The quantitative estimate of drug-likeness (QED) is 0.663. The monoisotopic (exact) mass is 388 g/mol. The second kappa shape index (κ2) is 7.50. The second-order valence-electron chi connectivity index (χ2n) is 8.24. The van der Waals surface area contributed by atoms with Crippen LogP contribution in [0.3, 0.4) is 0 Å². The third-order valence-electron chi connectivity index (χ3n) is 5.94. The van der Waals surface area contributed by atoms with Crippen LogP contribution in [0, 0.1) is 5.92 Å². The summed E-state index contributed by atoms with van der Waals surface area (Å²) >= 11 is 0. The first-order chi connectivity index (χ1) is 14.2. The Morgan fingerprint density at radius 3 is 2.97 bits per heavy atom. The Balaban J connectivity index is 1.42. The van der Waals surface area contributed by atoms with Crippen molar-refractivity contribution >= 4 is 30.7 Å². The van der Waals surface area contributed by atoms with Gasteiger partial charge in [0.2, 0.25) is 5.91 Å². The fourth-order valence-electron chi connectivity index (χ4n) is 4.13. The number of likely N-dealkylation sites (tertiary alicyclic amines) is 1. The van der Waals surface area contributed by atoms with E-state index in [4.69, 9.17) is 4.98 Å². The number of amides is 1. The van der Waals surface area contributed by atoms with Gasteiger partial charge in [0.15, 0.2) is 5.65 Å². The number of aromatic nitrogens is 4. The summed E-state index contributed by atoms with van der Waals surface area (Å²) in [6.07, 6.45) is 9.71. The van der Waals surface area contributed by atoms with E-state index < -0.39 is 0 Å². The van der Waals surface area contributed by atoms with Crippen molar-refractivity contribution in [3.63, 3.8) is 0 Å². The van der Waals surface area contributed by atoms with E-state index in [0.717, 1.165) is 67.0 Å². The van der Waals surface area contributed by atoms with Crippen molar-refractivity contribution in [2.45, 2.75) is 38.1 Å². The summed E-state index contributed by atoms with van der Waals surface area (Å²) in [5, 5.41) is 8.00. The maximum absolute atomic E-state index is 12.6. The van der Waals surface area contributed by atoms with Crippen molar-refractivity contribution in [1.82, 2.24) is 24.5 Å². The molecule has 5 rings (SSSR count). The summed E-state index contributed by atoms with van der Waals surface area (Å²) in [6, 6.07) is 6.10. The molecule has 1 unspecified atom stereocenters. The molecule has 0 bridgehead atoms. The van der Waals surface area contributed by atoms with Gasteiger partial charge in [-0.05, 0) is 42.8 Å². The molecule has 0 radical (unpaired) electrons. The maximum Gasteiger partial charge on any atom is 0.225 e. The molecule has 1 saturated heterocycles. The largest absolute Gasteiger partial charge is 0.366 e. The van der Waals surface area contributed by atoms with Gasteiger partial charge in [-0.2, -0.15) is 9.61 Å². The molecule has 0 spiro atoms. The van der Waals surface area contributed by atoms with Crippen LogP contribution < -0.4 is 10.8 Å². The number of pyridine rings is 1. The van der Waals surface area contributed by atoms with Crippen LogP contribution in [0.4, 0.5) is 5.82 Å². The van der Waals surface area contributed by atoms with E-state index in [0.29, 0.717) is 12.5 Å². The van der Waals surface area contributed by atoms with E-state index in [1.54, 1.807) is 6.20 Å². The minimum Gasteiger partial charge on any atom is -0.366 e. The zero-order valence-electron chi connectivity index (χ0n) is 16.7. The molecule has 1 aliphatic heterocycles. The number of carbonyl (C=O) groups excluding carboxylic acids is 1. The lowest BCUT2D eigenvalue weighted by atomic mass is 9.93. The summed E-state index contributed by atoms with van der Waals surface area (Å²) in [6.45, 7) is 2.32. The molecule has 8 heteroatoms. The predicted octanol–water partition coefficient (Wildman–Crippen LogP) is 1.11. The summed E-state index contributed by atoms with van der Waals surface area (Å²) in [5.74, 6) is 1.81. The van der Waals surface area contributed by atoms with Crippen molar-refractivity contribution in [2.75, 3.05) is 18.4 Å². The number of nitrogens with zero attached hydrogens (tertiary/aromatic N) is 5. The smallest absolute Gasteiger partial charge is 0.225 e. The van der Waals surface area contributed by atoms with E-state index in [1.807, 2.05) is 30.8 Å². The van der Waals surface area contributed by atoms with E-state index in [2.05, 4.69) is 32.4 Å². The number of rotatable bonds is 5. The molecule has 1 saturated carbocycles. The minimum absolute atomic E-state index is 0.268. The molecule has 3 aromatic rings. The zero-order chi connectivity index (χ0) is 19.8. The Kier molecular flexibility index (Phi) is 4.69. The van der Waals surface area contributed by atoms with Crippen LogP contribution in [0.1, 0.15) is 42.9 Å². The molecular weight excluding hydrogens is 363 g/mol. The molecule has 1 N–H and O–H groups in total. The molecular formula is C21H25BN6O. The lowest BCUT2D eigenvalue weighted by Gasteiger charge is -2.33. The number of piperidine rings is 1. The summed E-state index contributed by atoms with van der Waals surface area (Å²) < 4.78 is 1.87. The molecule has 2 aliphatic rings. The molecule has 3 aromatic heterocycles. The van der Waals surface area contributed by atoms with Gasteiger partial charge in [0.25, 0.3) is 0 Å². The molecule has 1 aliphatic carbocycles. The van der Waals surface area contributed by atoms with E-state index in [9.17, 15) is 4.79 Å². The van der Waals surface area contributed by atoms with Crippen LogP contribution in [0.25, 0.3) is 5.65 Å². The molecule has 0 aromatic carbocycles. The first kappa shape index (κ1) is 18.2. The van der Waals surface area contributed by atoms with Gasteiger partial charge >= 0.3 is 0 Å². The molecule has 148 valence electrons. The summed E-state index contributed by atoms with van der Waals surface area (Å²) in [5.41, 5.74) is 4.09. The fourth-order valence-corrected chi connectivity index (χ4v) is 4.13. The van der Waals surface area contributed by atoms with E-state index >= 15 is 0 Å². The maximum atomic E-state index is 12.6. The molecule has 4 heterocycles. The van der Waals surface area contributed by atoms with Crippen LogP contribution in [0.5, 0.6) is 0 Å². The van der Waals surface area contributed by atoms with Crippen molar-refractivity contribution in [3.05, 3.63) is 48.0 Å². The molecule has 2 fully saturated rings. The van der Waals surface area contributed by atoms with Crippen LogP contribution in [0.15, 0.2) is 36.8 Å². The van der Waals surface area contributed by atoms with E-state index in [-0.39, 0.29) is 11.8 Å². The predicted molar refractivity (Wildman–Crippen MR) is 114 cm³/mol. The van der Waals surface area contributed by atoms with Crippen molar-refractivity contribution in [2.24, 2.45) is 5.92 Å². The van der Waals surface area contributed by atoms with Gasteiger partial charge in [0.05, 0.1) is 5.69 Å². The molecule has 1 atom stereocenters. The molecule has 7 nitrogen and oxygen atoms in total. The van der Waals surface area contributed by atoms with Crippen LogP contribution in [0.2, 0.25) is 0 Å². The average molecular weight is 388 g/mol. The van der Waals surface area contributed by atoms with Gasteiger partial charge < -0.3 is 10.2 Å². The first-order valence-corrected chi connectivity index (χ1v) is 10.5. The Morgan fingerprint density at radius 1 is 1.28 bits per heavy atom. The highest BCUT2D eigenvalue weighted by Gasteiger charge is 2.36. The van der Waals surface area contributed by atoms with Gasteiger partial charge in [-0.15, -0.1) is 0 Å². The Hall–Kier alpha value is -2.90. The van der Waals surface area contributed by atoms with Crippen molar-refractivity contribution in [3.8, 4) is 0 Å². The van der Waals surface area contributed by atoms with Gasteiger partial charge in [0.1, 0.15) is 13.7 Å². The molecule has 29 heavy (non-hydrogen) atoms. The SMILES string of the molecule is Bc1cnn2c(NCc3cccnc3)cc(C3CCCN(C(=O)C4CC4)C3)nc12. The standard InChI is InChI=1S/C21H25BN6O/c22-17-12-25-28-19(24-11-14-3-1-7-23-10-14)9-18(26-20(17)28)16-4-2-8-27(13-16)21(29)15-5-6-15/h1,3,7,9-10,12,15-16,24H,2,4-6,8,11,13,22H2. The highest BCUT2D eigenvalue weighted by atomic mass is 16.2. The Bertz CT molecular complexity index is 1030. The fraction of sp³-hybridized carbons (Fsp3) is 0.429. The van der Waals surface area contributed by atoms with Gasteiger partial charge in [-0.25, -0.2) is 4.98 Å². The second-order valence-corrected chi connectivity index (χ2v) is 8.24. The topological polar surface area (TPSA) is 75.4 Å². The normalized spacial score (nSPS) is 19.4. The van der Waals surface area contributed by atoms with Crippen LogP contribution >= 0.6 is 0 Å². The number of fused-ring (bicyclic) bond motifs is 1. The average Bonchev–Trinajstić information content (AvgIpc) is 3.55. The van der Waals surface area contributed by atoms with Gasteiger partial charge in [-0.3, -0.25) is 9.78 Å². The first-order valence-electron chi connectivity index (χ1n) is 10.5. The third-order valence-corrected chi connectivity index (χ3v) is 5.94. The number of carbonyl (C=O) groups is 1. The van der Waals surface area contributed by atoms with Gasteiger partial charge in [0, 0.05) is 56.1 Å². The minimum atomic E-state index is 0.268. The van der Waals surface area contributed by atoms with Crippen LogP contribution in [-0.2, 0) is 11.3 Å². The lowest BCUT2D eigenvalue weighted by molar-refractivity contribution is -0.133. The summed E-state index contributed by atoms with van der Waals surface area (Å²) in [7, 11) is 2.04. The Morgan fingerprint density at radius 2 is 2.17 bits per heavy atom. The van der Waals surface area contributed by atoms with E-state index in [1.165, 1.54) is 0 Å². The molecule has 1 amide bonds. The summed E-state index contributed by atoms with van der Waals surface area (Å²) in [4.78, 5) is 23.7. The zero-order valence-corrected chi connectivity index (χ0v) is 16.7. The third kappa shape index (κ3) is 3.71. The van der Waals surface area contributed by atoms with Gasteiger partial charge in [-0.1, -0.05) is 6.07 Å². The Labute approximate surface area is 170 Å². The lowest BCUT2D eigenvalue weighted by Crippen LogP contribution is -2.40.